The molecule has 3 N–H and O–H groups in total. The molecule has 0 radical (unpaired) electrons. The molecule has 2 aromatic rings. The standard InChI is InChI=1S/C28H37N7O3/c1-7-16-30-24-22(19-32-26(34-24)33-23-14-12-21(18-29)13-15-23)11-9-8-10-17-31-25(36)20(2)35(6)27(37)38-28(3,4)5/h12-15,19-20H,7-8,10,16-17H2,1-6H3,(H,31,36)(H2,30,32,33,34). The van der Waals surface area contributed by atoms with Gasteiger partial charge in [-0.15, -0.1) is 0 Å². The second kappa shape index (κ2) is 14.4. The van der Waals surface area contributed by atoms with Gasteiger partial charge in [0.05, 0.1) is 23.4 Å². The number of hydrogen-bond donors (Lipinski definition) is 3. The lowest BCUT2D eigenvalue weighted by atomic mass is 10.2. The number of carbonyl (C=O) groups excluding carboxylic acids is 2. The molecule has 0 saturated carbocycles. The van der Waals surface area contributed by atoms with Crippen LogP contribution in [0.5, 0.6) is 0 Å². The first-order valence-corrected chi connectivity index (χ1v) is 12.6. The molecule has 0 saturated heterocycles. The fourth-order valence-corrected chi connectivity index (χ4v) is 3.03. The predicted molar refractivity (Wildman–Crippen MR) is 148 cm³/mol. The first kappa shape index (κ1) is 29.9. The van der Waals surface area contributed by atoms with E-state index in [0.717, 1.165) is 18.7 Å². The summed E-state index contributed by atoms with van der Waals surface area (Å²) < 4.78 is 5.31. The van der Waals surface area contributed by atoms with Crippen LogP contribution in [0.2, 0.25) is 0 Å². The van der Waals surface area contributed by atoms with Crippen molar-refractivity contribution in [2.24, 2.45) is 0 Å². The first-order valence-electron chi connectivity index (χ1n) is 12.6. The van der Waals surface area contributed by atoms with Crippen molar-refractivity contribution >= 4 is 29.5 Å². The number of rotatable bonds is 10. The molecule has 0 spiro atoms. The Balaban J connectivity index is 1.90. The zero-order valence-corrected chi connectivity index (χ0v) is 23.0. The highest BCUT2D eigenvalue weighted by molar-refractivity contribution is 5.85. The van der Waals surface area contributed by atoms with Crippen LogP contribution in [0.1, 0.15) is 65.0 Å². The lowest BCUT2D eigenvalue weighted by molar-refractivity contribution is -0.125. The number of aromatic nitrogens is 2. The zero-order chi connectivity index (χ0) is 28.1. The molecular weight excluding hydrogens is 482 g/mol. The van der Waals surface area contributed by atoms with E-state index in [9.17, 15) is 9.59 Å². The average Bonchev–Trinajstić information content (AvgIpc) is 2.88. The summed E-state index contributed by atoms with van der Waals surface area (Å²) in [7, 11) is 1.54. The van der Waals surface area contributed by atoms with Crippen molar-refractivity contribution < 1.29 is 14.3 Å². The van der Waals surface area contributed by atoms with Crippen molar-refractivity contribution in [3.63, 3.8) is 0 Å². The maximum Gasteiger partial charge on any atom is 0.410 e. The molecule has 10 heteroatoms. The predicted octanol–water partition coefficient (Wildman–Crippen LogP) is 4.42. The largest absolute Gasteiger partial charge is 0.444 e. The van der Waals surface area contributed by atoms with Gasteiger partial charge in [-0.2, -0.15) is 10.2 Å². The average molecular weight is 520 g/mol. The third kappa shape index (κ3) is 9.98. The minimum atomic E-state index is -0.656. The molecule has 1 heterocycles. The molecule has 0 aliphatic heterocycles. The van der Waals surface area contributed by atoms with Crippen LogP contribution < -0.4 is 16.0 Å². The number of nitrogens with one attached hydrogen (secondary N) is 3. The fraction of sp³-hybridized carbons (Fsp3) is 0.464. The Kier molecular flexibility index (Phi) is 11.4. The van der Waals surface area contributed by atoms with Crippen LogP contribution in [0.3, 0.4) is 0 Å². The highest BCUT2D eigenvalue weighted by atomic mass is 16.6. The summed E-state index contributed by atoms with van der Waals surface area (Å²) >= 11 is 0. The third-order valence-corrected chi connectivity index (χ3v) is 5.24. The van der Waals surface area contributed by atoms with E-state index >= 15 is 0 Å². The maximum atomic E-state index is 12.4. The lowest BCUT2D eigenvalue weighted by Gasteiger charge is -2.28. The normalized spacial score (nSPS) is 11.3. The molecule has 2 rings (SSSR count). The minimum absolute atomic E-state index is 0.254. The fourth-order valence-electron chi connectivity index (χ4n) is 3.03. The van der Waals surface area contributed by atoms with Crippen molar-refractivity contribution in [1.29, 1.82) is 5.26 Å². The SMILES string of the molecule is CCCNc1nc(Nc2ccc(C#N)cc2)ncc1C#CCCCNC(=O)C(C)N(C)C(=O)OC(C)(C)C. The number of benzene rings is 1. The van der Waals surface area contributed by atoms with Crippen LogP contribution in [0, 0.1) is 23.2 Å². The Morgan fingerprint density at radius 1 is 1.18 bits per heavy atom. The number of anilines is 3. The van der Waals surface area contributed by atoms with E-state index in [1.165, 1.54) is 4.90 Å². The van der Waals surface area contributed by atoms with Gasteiger partial charge in [-0.1, -0.05) is 18.8 Å². The highest BCUT2D eigenvalue weighted by Crippen LogP contribution is 2.18. The second-order valence-electron chi connectivity index (χ2n) is 9.66. The Bertz CT molecular complexity index is 1190. The smallest absolute Gasteiger partial charge is 0.410 e. The van der Waals surface area contributed by atoms with Gasteiger partial charge in [-0.3, -0.25) is 9.69 Å². The topological polar surface area (TPSA) is 132 Å². The number of amides is 2. The summed E-state index contributed by atoms with van der Waals surface area (Å²) in [5, 5.41) is 18.2. The number of nitrogens with zero attached hydrogens (tertiary/aromatic N) is 4. The molecule has 0 aliphatic rings. The molecule has 2 amide bonds. The van der Waals surface area contributed by atoms with E-state index in [1.807, 2.05) is 0 Å². The summed E-state index contributed by atoms with van der Waals surface area (Å²) in [5.74, 6) is 7.03. The van der Waals surface area contributed by atoms with Crippen molar-refractivity contribution in [3.05, 3.63) is 41.6 Å². The highest BCUT2D eigenvalue weighted by Gasteiger charge is 2.26. The molecular formula is C28H37N7O3. The van der Waals surface area contributed by atoms with Crippen molar-refractivity contribution in [3.8, 4) is 17.9 Å². The van der Waals surface area contributed by atoms with E-state index < -0.39 is 17.7 Å². The molecule has 0 bridgehead atoms. The monoisotopic (exact) mass is 519 g/mol. The Morgan fingerprint density at radius 3 is 2.53 bits per heavy atom. The van der Waals surface area contributed by atoms with Crippen LogP contribution in [-0.4, -0.2) is 58.6 Å². The summed E-state index contributed by atoms with van der Waals surface area (Å²) in [6.45, 7) is 10.2. The van der Waals surface area contributed by atoms with Gasteiger partial charge < -0.3 is 20.7 Å². The lowest BCUT2D eigenvalue weighted by Crippen LogP contribution is -2.47. The van der Waals surface area contributed by atoms with Gasteiger partial charge in [0, 0.05) is 32.2 Å². The van der Waals surface area contributed by atoms with Crippen molar-refractivity contribution in [1.82, 2.24) is 20.2 Å². The van der Waals surface area contributed by atoms with E-state index in [4.69, 9.17) is 10.00 Å². The third-order valence-electron chi connectivity index (χ3n) is 5.24. The van der Waals surface area contributed by atoms with Gasteiger partial charge in [0.25, 0.3) is 0 Å². The molecule has 1 atom stereocenters. The van der Waals surface area contributed by atoms with Gasteiger partial charge in [0.15, 0.2) is 0 Å². The summed E-state index contributed by atoms with van der Waals surface area (Å²) in [5.41, 5.74) is 1.41. The van der Waals surface area contributed by atoms with E-state index in [2.05, 4.69) is 50.8 Å². The van der Waals surface area contributed by atoms with Crippen LogP contribution >= 0.6 is 0 Å². The molecule has 1 aromatic heterocycles. The van der Waals surface area contributed by atoms with Gasteiger partial charge in [-0.25, -0.2) is 9.78 Å². The molecule has 0 aliphatic carbocycles. The van der Waals surface area contributed by atoms with Crippen LogP contribution in [0.4, 0.5) is 22.2 Å². The number of carbonyl (C=O) groups is 2. The van der Waals surface area contributed by atoms with E-state index in [1.54, 1.807) is 65.2 Å². The molecule has 10 nitrogen and oxygen atoms in total. The quantitative estimate of drug-likeness (QED) is 0.310. The van der Waals surface area contributed by atoms with Crippen LogP contribution in [-0.2, 0) is 9.53 Å². The molecule has 38 heavy (non-hydrogen) atoms. The minimum Gasteiger partial charge on any atom is -0.444 e. The number of hydrogen-bond acceptors (Lipinski definition) is 8. The molecule has 1 aromatic carbocycles. The van der Waals surface area contributed by atoms with Gasteiger partial charge in [0.1, 0.15) is 17.5 Å². The number of ether oxygens (including phenoxy) is 1. The zero-order valence-electron chi connectivity index (χ0n) is 23.0. The van der Waals surface area contributed by atoms with E-state index in [0.29, 0.717) is 42.3 Å². The Morgan fingerprint density at radius 2 is 1.89 bits per heavy atom. The number of likely N-dealkylation sites (N-methyl/N-ethyl adjacent to an activating group) is 1. The van der Waals surface area contributed by atoms with Gasteiger partial charge in [0.2, 0.25) is 11.9 Å². The first-order chi connectivity index (χ1) is 18.0. The maximum absolute atomic E-state index is 12.4. The summed E-state index contributed by atoms with van der Waals surface area (Å²) in [4.78, 5) is 34.8. The van der Waals surface area contributed by atoms with Crippen molar-refractivity contribution in [2.45, 2.75) is 65.5 Å². The molecule has 202 valence electrons. The van der Waals surface area contributed by atoms with Gasteiger partial charge in [-0.05, 0) is 64.8 Å². The summed E-state index contributed by atoms with van der Waals surface area (Å²) in [6.07, 6.45) is 3.27. The van der Waals surface area contributed by atoms with Gasteiger partial charge >= 0.3 is 6.09 Å². The van der Waals surface area contributed by atoms with Crippen LogP contribution in [0.25, 0.3) is 0 Å². The van der Waals surface area contributed by atoms with Crippen molar-refractivity contribution in [2.75, 3.05) is 30.8 Å². The molecule has 1 unspecified atom stereocenters. The van der Waals surface area contributed by atoms with E-state index in [-0.39, 0.29) is 5.91 Å². The second-order valence-corrected chi connectivity index (χ2v) is 9.66. The van der Waals surface area contributed by atoms with Crippen LogP contribution in [0.15, 0.2) is 30.5 Å². The Hall–Kier alpha value is -4.31. The summed E-state index contributed by atoms with van der Waals surface area (Å²) in [6, 6.07) is 8.47. The Labute approximate surface area is 225 Å². The number of unbranched alkanes of at least 4 members (excludes halogenated alkanes) is 1. The number of nitriles is 1. The molecule has 0 fully saturated rings.